The normalized spacial score (nSPS) is 23.4. The Morgan fingerprint density at radius 1 is 1.47 bits per heavy atom. The first-order valence-electron chi connectivity index (χ1n) is 6.30. The average molecular weight is 331 g/mol. The molecule has 0 radical (unpaired) electrons. The van der Waals surface area contributed by atoms with E-state index in [1.54, 1.807) is 0 Å². The lowest BCUT2D eigenvalue weighted by atomic mass is 10.0. The van der Waals surface area contributed by atoms with E-state index in [9.17, 15) is 4.79 Å². The van der Waals surface area contributed by atoms with Gasteiger partial charge in [-0.1, -0.05) is 0 Å². The quantitative estimate of drug-likeness (QED) is 0.874. The highest BCUT2D eigenvalue weighted by Gasteiger charge is 2.33. The minimum absolute atomic E-state index is 0.0205. The van der Waals surface area contributed by atoms with Crippen molar-refractivity contribution in [3.63, 3.8) is 0 Å². The summed E-state index contributed by atoms with van der Waals surface area (Å²) in [6.07, 6.45) is -0.392. The highest BCUT2D eigenvalue weighted by Crippen LogP contribution is 2.27. The number of carbonyl (C=O) groups is 1. The number of hydrogen-bond donors (Lipinski definition) is 2. The van der Waals surface area contributed by atoms with Gasteiger partial charge >= 0.3 is 6.09 Å². The van der Waals surface area contributed by atoms with Crippen LogP contribution in [-0.2, 0) is 4.74 Å². The fraction of sp³-hybridized carbons (Fsp3) is 0.615. The highest BCUT2D eigenvalue weighted by atomic mass is 79.9. The van der Waals surface area contributed by atoms with E-state index in [0.29, 0.717) is 11.2 Å². The number of hydrogen-bond acceptors (Lipinski definition) is 4. The van der Waals surface area contributed by atoms with Gasteiger partial charge in [-0.05, 0) is 48.8 Å². The lowest BCUT2D eigenvalue weighted by molar-refractivity contribution is 0.0503. The van der Waals surface area contributed by atoms with Crippen LogP contribution in [0, 0.1) is 0 Å². The lowest BCUT2D eigenvalue weighted by Crippen LogP contribution is -2.42. The summed E-state index contributed by atoms with van der Waals surface area (Å²) < 4.78 is 11.5. The summed E-state index contributed by atoms with van der Waals surface area (Å²) in [5.41, 5.74) is -0.487. The molecule has 5 nitrogen and oxygen atoms in total. The van der Waals surface area contributed by atoms with E-state index in [1.165, 1.54) is 0 Å². The summed E-state index contributed by atoms with van der Waals surface area (Å²) in [5, 5.41) is 6.15. The molecule has 1 amide bonds. The molecule has 1 aliphatic rings. The Balaban J connectivity index is 1.98. The van der Waals surface area contributed by atoms with Crippen molar-refractivity contribution in [3.8, 4) is 0 Å². The first-order valence-corrected chi connectivity index (χ1v) is 7.10. The minimum Gasteiger partial charge on any atom is -0.454 e. The molecule has 1 saturated heterocycles. The fourth-order valence-electron chi connectivity index (χ4n) is 2.12. The van der Waals surface area contributed by atoms with Crippen LogP contribution in [0.15, 0.2) is 21.2 Å². The molecule has 1 aliphatic heterocycles. The van der Waals surface area contributed by atoms with E-state index in [1.807, 2.05) is 32.9 Å². The average Bonchev–Trinajstić information content (AvgIpc) is 2.83. The third kappa shape index (κ3) is 3.98. The van der Waals surface area contributed by atoms with E-state index in [4.69, 9.17) is 9.15 Å². The number of ether oxygens (including phenoxy) is 1. The number of alkyl carbamates (subject to hydrolysis) is 1. The SMILES string of the molecule is CC(C)(C)OC(=O)N[C@H]1CNC[C@H]1c1ccc(Br)o1. The van der Waals surface area contributed by atoms with Gasteiger partial charge < -0.3 is 19.8 Å². The molecule has 0 bridgehead atoms. The molecule has 0 spiro atoms. The van der Waals surface area contributed by atoms with E-state index in [-0.39, 0.29) is 12.0 Å². The summed E-state index contributed by atoms with van der Waals surface area (Å²) >= 11 is 3.29. The van der Waals surface area contributed by atoms with Gasteiger partial charge in [-0.3, -0.25) is 0 Å². The predicted octanol–water partition coefficient (Wildman–Crippen LogP) is 2.62. The molecule has 2 N–H and O–H groups in total. The Morgan fingerprint density at radius 3 is 2.79 bits per heavy atom. The van der Waals surface area contributed by atoms with Gasteiger partial charge in [-0.15, -0.1) is 0 Å². The van der Waals surface area contributed by atoms with Gasteiger partial charge in [0.2, 0.25) is 0 Å². The van der Waals surface area contributed by atoms with Gasteiger partial charge in [-0.25, -0.2) is 4.79 Å². The third-order valence-corrected chi connectivity index (χ3v) is 3.30. The zero-order valence-corrected chi connectivity index (χ0v) is 12.9. The second kappa shape index (κ2) is 5.54. The second-order valence-electron chi connectivity index (χ2n) is 5.66. The predicted molar refractivity (Wildman–Crippen MR) is 75.2 cm³/mol. The number of rotatable bonds is 2. The Hall–Kier alpha value is -1.01. The summed E-state index contributed by atoms with van der Waals surface area (Å²) in [5.74, 6) is 0.983. The van der Waals surface area contributed by atoms with Crippen molar-refractivity contribution >= 4 is 22.0 Å². The van der Waals surface area contributed by atoms with Gasteiger partial charge in [0.05, 0.1) is 12.0 Å². The summed E-state index contributed by atoms with van der Waals surface area (Å²) in [7, 11) is 0. The van der Waals surface area contributed by atoms with Crippen molar-refractivity contribution in [2.45, 2.75) is 38.3 Å². The molecular formula is C13H19BrN2O3. The van der Waals surface area contributed by atoms with Crippen molar-refractivity contribution in [1.29, 1.82) is 0 Å². The standard InChI is InChI=1S/C13H19BrN2O3/c1-13(2,3)19-12(17)16-9-7-15-6-8(9)10-4-5-11(14)18-10/h4-5,8-9,15H,6-7H2,1-3H3,(H,16,17)/t8-,9+/m1/s1. The first kappa shape index (κ1) is 14.4. The summed E-state index contributed by atoms with van der Waals surface area (Å²) in [4.78, 5) is 11.8. The van der Waals surface area contributed by atoms with Crippen LogP contribution in [0.5, 0.6) is 0 Å². The molecule has 0 saturated carbocycles. The maximum Gasteiger partial charge on any atom is 0.407 e. The van der Waals surface area contributed by atoms with Crippen molar-refractivity contribution in [3.05, 3.63) is 22.6 Å². The molecule has 19 heavy (non-hydrogen) atoms. The summed E-state index contributed by atoms with van der Waals surface area (Å²) in [6.45, 7) is 7.03. The molecule has 0 unspecified atom stereocenters. The highest BCUT2D eigenvalue weighted by molar-refractivity contribution is 9.10. The molecule has 1 fully saturated rings. The van der Waals surface area contributed by atoms with Gasteiger partial charge in [-0.2, -0.15) is 0 Å². The van der Waals surface area contributed by atoms with E-state index >= 15 is 0 Å². The van der Waals surface area contributed by atoms with Crippen molar-refractivity contribution in [2.75, 3.05) is 13.1 Å². The molecular weight excluding hydrogens is 312 g/mol. The van der Waals surface area contributed by atoms with Crippen molar-refractivity contribution in [2.24, 2.45) is 0 Å². The number of nitrogens with one attached hydrogen (secondary N) is 2. The molecule has 0 aromatic carbocycles. The van der Waals surface area contributed by atoms with Gasteiger partial charge in [0.15, 0.2) is 4.67 Å². The topological polar surface area (TPSA) is 63.5 Å². The number of halogens is 1. The van der Waals surface area contributed by atoms with Crippen LogP contribution in [0.1, 0.15) is 32.4 Å². The van der Waals surface area contributed by atoms with Crippen LogP contribution < -0.4 is 10.6 Å². The van der Waals surface area contributed by atoms with Crippen LogP contribution in [0.4, 0.5) is 4.79 Å². The van der Waals surface area contributed by atoms with Gasteiger partial charge in [0.25, 0.3) is 0 Å². The van der Waals surface area contributed by atoms with Crippen LogP contribution in [0.2, 0.25) is 0 Å². The zero-order chi connectivity index (χ0) is 14.0. The Kier molecular flexibility index (Phi) is 4.20. The van der Waals surface area contributed by atoms with Crippen LogP contribution in [0.25, 0.3) is 0 Å². The lowest BCUT2D eigenvalue weighted by Gasteiger charge is -2.23. The summed E-state index contributed by atoms with van der Waals surface area (Å²) in [6, 6.07) is 3.76. The Labute approximate surface area is 121 Å². The van der Waals surface area contributed by atoms with E-state index in [2.05, 4.69) is 26.6 Å². The Bertz CT molecular complexity index is 453. The second-order valence-corrected chi connectivity index (χ2v) is 6.44. The first-order chi connectivity index (χ1) is 8.85. The molecule has 0 aliphatic carbocycles. The van der Waals surface area contributed by atoms with Gasteiger partial charge in [0.1, 0.15) is 11.4 Å². The fourth-order valence-corrected chi connectivity index (χ4v) is 2.43. The van der Waals surface area contributed by atoms with E-state index < -0.39 is 11.7 Å². The molecule has 1 aromatic rings. The molecule has 2 atom stereocenters. The maximum absolute atomic E-state index is 11.8. The minimum atomic E-state index is -0.487. The van der Waals surface area contributed by atoms with Crippen LogP contribution in [0.3, 0.4) is 0 Å². The largest absolute Gasteiger partial charge is 0.454 e. The molecule has 1 aromatic heterocycles. The Morgan fingerprint density at radius 2 is 2.21 bits per heavy atom. The molecule has 2 rings (SSSR count). The maximum atomic E-state index is 11.8. The number of furan rings is 1. The van der Waals surface area contributed by atoms with Crippen molar-refractivity contribution in [1.82, 2.24) is 10.6 Å². The number of carbonyl (C=O) groups excluding carboxylic acids is 1. The zero-order valence-electron chi connectivity index (χ0n) is 11.3. The molecule has 2 heterocycles. The molecule has 6 heteroatoms. The number of amides is 1. The van der Waals surface area contributed by atoms with Crippen LogP contribution in [-0.4, -0.2) is 30.8 Å². The van der Waals surface area contributed by atoms with E-state index in [0.717, 1.165) is 12.3 Å². The third-order valence-electron chi connectivity index (χ3n) is 2.88. The van der Waals surface area contributed by atoms with Crippen molar-refractivity contribution < 1.29 is 13.9 Å². The smallest absolute Gasteiger partial charge is 0.407 e. The molecule has 106 valence electrons. The van der Waals surface area contributed by atoms with Crippen LogP contribution >= 0.6 is 15.9 Å². The monoisotopic (exact) mass is 330 g/mol. The van der Waals surface area contributed by atoms with Gasteiger partial charge in [0, 0.05) is 13.1 Å².